The third-order valence-corrected chi connectivity index (χ3v) is 3.89. The third-order valence-electron chi connectivity index (χ3n) is 3.89. The van der Waals surface area contributed by atoms with Gasteiger partial charge in [-0.05, 0) is 25.3 Å². The van der Waals surface area contributed by atoms with Gasteiger partial charge in [-0.25, -0.2) is 4.98 Å². The van der Waals surface area contributed by atoms with E-state index in [1.54, 1.807) is 0 Å². The van der Waals surface area contributed by atoms with Crippen molar-refractivity contribution in [3.8, 4) is 0 Å². The van der Waals surface area contributed by atoms with E-state index in [4.69, 9.17) is 0 Å². The molecule has 1 saturated carbocycles. The molecular formula is C12H21N3. The van der Waals surface area contributed by atoms with Gasteiger partial charge < -0.3 is 10.3 Å². The van der Waals surface area contributed by atoms with Gasteiger partial charge in [0.1, 0.15) is 5.82 Å². The first-order valence-corrected chi connectivity index (χ1v) is 5.90. The number of aromatic nitrogens is 2. The Morgan fingerprint density at radius 2 is 2.27 bits per heavy atom. The molecule has 1 fully saturated rings. The summed E-state index contributed by atoms with van der Waals surface area (Å²) in [4.78, 5) is 7.50. The molecule has 84 valence electrons. The zero-order valence-corrected chi connectivity index (χ0v) is 9.71. The first kappa shape index (κ1) is 10.7. The van der Waals surface area contributed by atoms with Crippen molar-refractivity contribution in [2.75, 3.05) is 7.05 Å². The van der Waals surface area contributed by atoms with Crippen LogP contribution in [0.5, 0.6) is 0 Å². The van der Waals surface area contributed by atoms with Crippen LogP contribution >= 0.6 is 0 Å². The molecule has 1 atom stereocenters. The summed E-state index contributed by atoms with van der Waals surface area (Å²) < 4.78 is 0. The predicted molar refractivity (Wildman–Crippen MR) is 61.7 cm³/mol. The molecule has 1 aromatic rings. The number of imidazole rings is 1. The van der Waals surface area contributed by atoms with E-state index in [1.165, 1.54) is 25.7 Å². The van der Waals surface area contributed by atoms with Gasteiger partial charge in [0.15, 0.2) is 0 Å². The average Bonchev–Trinajstić information content (AvgIpc) is 2.85. The molecule has 2 N–H and O–H groups in total. The van der Waals surface area contributed by atoms with E-state index in [0.717, 1.165) is 12.2 Å². The van der Waals surface area contributed by atoms with Crippen molar-refractivity contribution in [3.63, 3.8) is 0 Å². The van der Waals surface area contributed by atoms with Crippen LogP contribution in [0.3, 0.4) is 0 Å². The number of aromatic amines is 1. The minimum atomic E-state index is 0.460. The lowest BCUT2D eigenvalue weighted by molar-refractivity contribution is 0.227. The summed E-state index contributed by atoms with van der Waals surface area (Å²) >= 11 is 0. The summed E-state index contributed by atoms with van der Waals surface area (Å²) in [7, 11) is 2.07. The molecule has 2 rings (SSSR count). The molecule has 0 bridgehead atoms. The second-order valence-electron chi connectivity index (χ2n) is 4.94. The number of hydrogen-bond acceptors (Lipinski definition) is 2. The van der Waals surface area contributed by atoms with Crippen LogP contribution in [-0.4, -0.2) is 23.1 Å². The Bertz CT molecular complexity index is 286. The summed E-state index contributed by atoms with van der Waals surface area (Å²) in [5.74, 6) is 1.10. The Morgan fingerprint density at radius 3 is 2.80 bits per heavy atom. The van der Waals surface area contributed by atoms with Crippen molar-refractivity contribution in [2.24, 2.45) is 5.41 Å². The van der Waals surface area contributed by atoms with E-state index < -0.39 is 0 Å². The predicted octanol–water partition coefficient (Wildman–Crippen LogP) is 2.12. The molecule has 0 radical (unpaired) electrons. The van der Waals surface area contributed by atoms with Gasteiger partial charge in [-0.15, -0.1) is 0 Å². The zero-order valence-electron chi connectivity index (χ0n) is 9.71. The number of H-pyrrole nitrogens is 1. The highest BCUT2D eigenvalue weighted by Crippen LogP contribution is 2.41. The number of likely N-dealkylation sites (N-methyl/N-ethyl adjacent to an activating group) is 1. The lowest BCUT2D eigenvalue weighted by atomic mass is 9.79. The maximum absolute atomic E-state index is 4.31. The normalized spacial score (nSPS) is 21.7. The molecule has 3 heteroatoms. The lowest BCUT2D eigenvalue weighted by Gasteiger charge is -2.33. The Hall–Kier alpha value is -0.830. The highest BCUT2D eigenvalue weighted by Gasteiger charge is 2.36. The molecule has 1 aliphatic carbocycles. The van der Waals surface area contributed by atoms with E-state index in [2.05, 4.69) is 29.3 Å². The van der Waals surface area contributed by atoms with Gasteiger partial charge >= 0.3 is 0 Å². The van der Waals surface area contributed by atoms with Gasteiger partial charge in [-0.3, -0.25) is 0 Å². The molecule has 15 heavy (non-hydrogen) atoms. The van der Waals surface area contributed by atoms with Crippen LogP contribution in [-0.2, 0) is 6.42 Å². The fourth-order valence-electron chi connectivity index (χ4n) is 2.83. The van der Waals surface area contributed by atoms with Crippen molar-refractivity contribution < 1.29 is 0 Å². The standard InChI is InChI=1S/C12H21N3/c1-12(5-3-4-6-12)10(13-2)9-11-14-7-8-15-11/h7-8,10,13H,3-6,9H2,1-2H3,(H,14,15). The summed E-state index contributed by atoms with van der Waals surface area (Å²) in [6, 6.07) is 0.547. The molecule has 1 aromatic heterocycles. The van der Waals surface area contributed by atoms with E-state index in [-0.39, 0.29) is 0 Å². The van der Waals surface area contributed by atoms with Gasteiger partial charge in [0.25, 0.3) is 0 Å². The molecule has 1 heterocycles. The molecule has 1 aliphatic rings. The molecule has 1 unspecified atom stereocenters. The first-order chi connectivity index (χ1) is 7.24. The van der Waals surface area contributed by atoms with Crippen molar-refractivity contribution in [1.29, 1.82) is 0 Å². The molecule has 0 aromatic carbocycles. The number of nitrogens with one attached hydrogen (secondary N) is 2. The van der Waals surface area contributed by atoms with Crippen LogP contribution in [0.15, 0.2) is 12.4 Å². The second-order valence-corrected chi connectivity index (χ2v) is 4.94. The largest absolute Gasteiger partial charge is 0.349 e. The lowest BCUT2D eigenvalue weighted by Crippen LogP contribution is -2.42. The van der Waals surface area contributed by atoms with Crippen LogP contribution in [0, 0.1) is 5.41 Å². The number of nitrogens with zero attached hydrogens (tertiary/aromatic N) is 1. The smallest absolute Gasteiger partial charge is 0.107 e. The number of hydrogen-bond donors (Lipinski definition) is 2. The average molecular weight is 207 g/mol. The zero-order chi connectivity index (χ0) is 10.7. The van der Waals surface area contributed by atoms with Gasteiger partial charge in [-0.1, -0.05) is 19.8 Å². The van der Waals surface area contributed by atoms with E-state index in [0.29, 0.717) is 11.5 Å². The van der Waals surface area contributed by atoms with E-state index in [1.807, 2.05) is 12.4 Å². The Morgan fingerprint density at radius 1 is 1.53 bits per heavy atom. The van der Waals surface area contributed by atoms with Crippen molar-refractivity contribution >= 4 is 0 Å². The maximum Gasteiger partial charge on any atom is 0.107 e. The highest BCUT2D eigenvalue weighted by atomic mass is 14.9. The van der Waals surface area contributed by atoms with Crippen LogP contribution in [0.4, 0.5) is 0 Å². The van der Waals surface area contributed by atoms with Crippen molar-refractivity contribution in [1.82, 2.24) is 15.3 Å². The topological polar surface area (TPSA) is 40.7 Å². The Kier molecular flexibility index (Phi) is 3.10. The van der Waals surface area contributed by atoms with Gasteiger partial charge in [0.05, 0.1) is 0 Å². The monoisotopic (exact) mass is 207 g/mol. The first-order valence-electron chi connectivity index (χ1n) is 5.90. The fraction of sp³-hybridized carbons (Fsp3) is 0.750. The minimum Gasteiger partial charge on any atom is -0.349 e. The van der Waals surface area contributed by atoms with E-state index in [9.17, 15) is 0 Å². The van der Waals surface area contributed by atoms with Gasteiger partial charge in [0.2, 0.25) is 0 Å². The Balaban J connectivity index is 2.03. The quantitative estimate of drug-likeness (QED) is 0.794. The fourth-order valence-corrected chi connectivity index (χ4v) is 2.83. The molecule has 0 spiro atoms. The van der Waals surface area contributed by atoms with E-state index >= 15 is 0 Å². The van der Waals surface area contributed by atoms with Crippen LogP contribution in [0.2, 0.25) is 0 Å². The van der Waals surface area contributed by atoms with Crippen molar-refractivity contribution in [2.45, 2.75) is 45.1 Å². The highest BCUT2D eigenvalue weighted by molar-refractivity contribution is 4.98. The molecule has 3 nitrogen and oxygen atoms in total. The summed E-state index contributed by atoms with van der Waals surface area (Å²) in [5.41, 5.74) is 0.460. The van der Waals surface area contributed by atoms with Crippen LogP contribution < -0.4 is 5.32 Å². The summed E-state index contributed by atoms with van der Waals surface area (Å²) in [6.45, 7) is 2.41. The molecule has 0 amide bonds. The maximum atomic E-state index is 4.31. The Labute approximate surface area is 91.7 Å². The third kappa shape index (κ3) is 2.23. The summed E-state index contributed by atoms with van der Waals surface area (Å²) in [6.07, 6.45) is 10.2. The van der Waals surface area contributed by atoms with Crippen molar-refractivity contribution in [3.05, 3.63) is 18.2 Å². The van der Waals surface area contributed by atoms with Gasteiger partial charge in [0, 0.05) is 24.9 Å². The number of rotatable bonds is 4. The van der Waals surface area contributed by atoms with Crippen LogP contribution in [0.25, 0.3) is 0 Å². The molecular weight excluding hydrogens is 186 g/mol. The second kappa shape index (κ2) is 4.35. The molecule has 0 saturated heterocycles. The van der Waals surface area contributed by atoms with Gasteiger partial charge in [-0.2, -0.15) is 0 Å². The molecule has 0 aliphatic heterocycles. The SMILES string of the molecule is CNC(Cc1ncc[nH]1)C1(C)CCCC1. The minimum absolute atomic E-state index is 0.460. The van der Waals surface area contributed by atoms with Crippen LogP contribution in [0.1, 0.15) is 38.4 Å². The summed E-state index contributed by atoms with van der Waals surface area (Å²) in [5, 5.41) is 3.46.